The fourth-order valence-corrected chi connectivity index (χ4v) is 3.46. The van der Waals surface area contributed by atoms with Crippen LogP contribution in [0, 0.1) is 0 Å². The zero-order chi connectivity index (χ0) is 21.8. The molecule has 0 amide bonds. The minimum absolute atomic E-state index is 0.124. The average molecular weight is 414 g/mol. The van der Waals surface area contributed by atoms with Crippen LogP contribution in [0.3, 0.4) is 0 Å². The number of ether oxygens (including phenoxy) is 3. The highest BCUT2D eigenvalue weighted by atomic mass is 16.5. The predicted molar refractivity (Wildman–Crippen MR) is 122 cm³/mol. The molecule has 1 aromatic heterocycles. The van der Waals surface area contributed by atoms with E-state index in [9.17, 15) is 4.79 Å². The molecule has 0 fully saturated rings. The summed E-state index contributed by atoms with van der Waals surface area (Å²) in [5, 5.41) is 0.566. The number of hydrogen-bond acceptors (Lipinski definition) is 5. The number of aromatic nitrogens is 2. The van der Waals surface area contributed by atoms with Crippen LogP contribution in [0.1, 0.15) is 11.4 Å². The first kappa shape index (κ1) is 20.2. The maximum atomic E-state index is 13.3. The summed E-state index contributed by atoms with van der Waals surface area (Å²) in [7, 11) is 4.71. The standard InChI is InChI=1S/C25H22N2O4/c1-29-21-15-17(16-22(30-2)24(21)31-3)13-14-23-26-20-12-8-7-11-19(20)25(28)27(23)18-9-5-4-6-10-18/h4-16H,1-3H3/b14-13+. The second-order valence-electron chi connectivity index (χ2n) is 6.76. The van der Waals surface area contributed by atoms with Crippen LogP contribution in [-0.2, 0) is 0 Å². The Morgan fingerprint density at radius 2 is 1.45 bits per heavy atom. The van der Waals surface area contributed by atoms with Crippen LogP contribution in [0.25, 0.3) is 28.7 Å². The van der Waals surface area contributed by atoms with Crippen LogP contribution in [0.4, 0.5) is 0 Å². The van der Waals surface area contributed by atoms with Gasteiger partial charge in [0, 0.05) is 0 Å². The molecule has 0 saturated heterocycles. The Morgan fingerprint density at radius 1 is 0.806 bits per heavy atom. The molecule has 0 aliphatic rings. The Kier molecular flexibility index (Phi) is 5.71. The monoisotopic (exact) mass is 414 g/mol. The lowest BCUT2D eigenvalue weighted by Crippen LogP contribution is -2.22. The Hall–Kier alpha value is -4.06. The van der Waals surface area contributed by atoms with Crippen molar-refractivity contribution in [2.24, 2.45) is 0 Å². The van der Waals surface area contributed by atoms with E-state index >= 15 is 0 Å². The van der Waals surface area contributed by atoms with Crippen LogP contribution < -0.4 is 19.8 Å². The van der Waals surface area contributed by atoms with Gasteiger partial charge in [0.1, 0.15) is 5.82 Å². The van der Waals surface area contributed by atoms with Gasteiger partial charge in [-0.3, -0.25) is 9.36 Å². The van der Waals surface area contributed by atoms with Gasteiger partial charge in [0.25, 0.3) is 5.56 Å². The molecule has 0 aliphatic heterocycles. The summed E-state index contributed by atoms with van der Waals surface area (Å²) in [4.78, 5) is 18.0. The van der Waals surface area contributed by atoms with Gasteiger partial charge in [-0.05, 0) is 48.0 Å². The molecule has 0 aliphatic carbocycles. The summed E-state index contributed by atoms with van der Waals surface area (Å²) in [6.07, 6.45) is 3.67. The number of nitrogens with zero attached hydrogens (tertiary/aromatic N) is 2. The average Bonchev–Trinajstić information content (AvgIpc) is 2.82. The number of benzene rings is 3. The Labute approximate surface area is 180 Å². The molecule has 4 aromatic rings. The first-order chi connectivity index (χ1) is 15.2. The van der Waals surface area contributed by atoms with Crippen molar-refractivity contribution in [1.29, 1.82) is 0 Å². The second kappa shape index (κ2) is 8.75. The summed E-state index contributed by atoms with van der Waals surface area (Å²) < 4.78 is 17.9. The molecule has 0 N–H and O–H groups in total. The van der Waals surface area contributed by atoms with Crippen molar-refractivity contribution in [3.63, 3.8) is 0 Å². The third kappa shape index (κ3) is 3.88. The number of fused-ring (bicyclic) bond motifs is 1. The number of hydrogen-bond donors (Lipinski definition) is 0. The van der Waals surface area contributed by atoms with Gasteiger partial charge >= 0.3 is 0 Å². The maximum Gasteiger partial charge on any atom is 0.266 e. The van der Waals surface area contributed by atoms with E-state index in [1.807, 2.05) is 72.8 Å². The SMILES string of the molecule is COc1cc(/C=C/c2nc3ccccc3c(=O)n2-c2ccccc2)cc(OC)c1OC. The van der Waals surface area contributed by atoms with Gasteiger partial charge in [0.2, 0.25) is 5.75 Å². The van der Waals surface area contributed by atoms with Gasteiger partial charge in [0.15, 0.2) is 11.5 Å². The highest BCUT2D eigenvalue weighted by Gasteiger charge is 2.13. The zero-order valence-corrected chi connectivity index (χ0v) is 17.5. The molecule has 0 saturated carbocycles. The molecule has 1 heterocycles. The van der Waals surface area contributed by atoms with Crippen molar-refractivity contribution in [1.82, 2.24) is 9.55 Å². The van der Waals surface area contributed by atoms with Crippen molar-refractivity contribution in [3.8, 4) is 22.9 Å². The molecule has 4 rings (SSSR count). The third-order valence-corrected chi connectivity index (χ3v) is 4.93. The van der Waals surface area contributed by atoms with Crippen molar-refractivity contribution in [2.75, 3.05) is 21.3 Å². The van der Waals surface area contributed by atoms with Gasteiger partial charge in [-0.1, -0.05) is 36.4 Å². The summed E-state index contributed by atoms with van der Waals surface area (Å²) in [6, 6.07) is 20.5. The van der Waals surface area contributed by atoms with E-state index in [4.69, 9.17) is 19.2 Å². The Bertz CT molecular complexity index is 1290. The van der Waals surface area contributed by atoms with Gasteiger partial charge in [-0.15, -0.1) is 0 Å². The molecule has 0 bridgehead atoms. The highest BCUT2D eigenvalue weighted by Crippen LogP contribution is 2.38. The molecule has 3 aromatic carbocycles. The van der Waals surface area contributed by atoms with Crippen LogP contribution in [-0.4, -0.2) is 30.9 Å². The molecule has 31 heavy (non-hydrogen) atoms. The van der Waals surface area contributed by atoms with Crippen LogP contribution in [0.15, 0.2) is 71.5 Å². The minimum atomic E-state index is -0.124. The largest absolute Gasteiger partial charge is 0.493 e. The first-order valence-corrected chi connectivity index (χ1v) is 9.71. The first-order valence-electron chi connectivity index (χ1n) is 9.71. The van der Waals surface area contributed by atoms with Crippen molar-refractivity contribution >= 4 is 23.1 Å². The maximum absolute atomic E-state index is 13.3. The number of para-hydroxylation sites is 2. The summed E-state index contributed by atoms with van der Waals surface area (Å²) in [5.74, 6) is 2.14. The van der Waals surface area contributed by atoms with Gasteiger partial charge in [0.05, 0.1) is 37.9 Å². The topological polar surface area (TPSA) is 62.6 Å². The van der Waals surface area contributed by atoms with Crippen molar-refractivity contribution < 1.29 is 14.2 Å². The fourth-order valence-electron chi connectivity index (χ4n) is 3.46. The third-order valence-electron chi connectivity index (χ3n) is 4.93. The van der Waals surface area contributed by atoms with E-state index in [0.717, 1.165) is 11.3 Å². The molecule has 6 nitrogen and oxygen atoms in total. The lowest BCUT2D eigenvalue weighted by atomic mass is 10.1. The highest BCUT2D eigenvalue weighted by molar-refractivity contribution is 5.80. The summed E-state index contributed by atoms with van der Waals surface area (Å²) in [6.45, 7) is 0. The Balaban J connectivity index is 1.89. The lowest BCUT2D eigenvalue weighted by molar-refractivity contribution is 0.324. The van der Waals surface area contributed by atoms with Crippen LogP contribution in [0.2, 0.25) is 0 Å². The van der Waals surface area contributed by atoms with Crippen LogP contribution in [0.5, 0.6) is 17.2 Å². The molecule has 0 unspecified atom stereocenters. The quantitative estimate of drug-likeness (QED) is 0.462. The number of methoxy groups -OCH3 is 3. The van der Waals surface area contributed by atoms with Crippen LogP contribution >= 0.6 is 0 Å². The zero-order valence-electron chi connectivity index (χ0n) is 17.5. The van der Waals surface area contributed by atoms with Crippen molar-refractivity contribution in [3.05, 3.63) is 88.5 Å². The minimum Gasteiger partial charge on any atom is -0.493 e. The fraction of sp³-hybridized carbons (Fsp3) is 0.120. The summed E-state index contributed by atoms with van der Waals surface area (Å²) >= 11 is 0. The Morgan fingerprint density at radius 3 is 2.10 bits per heavy atom. The predicted octanol–water partition coefficient (Wildman–Crippen LogP) is 4.58. The summed E-state index contributed by atoms with van der Waals surface area (Å²) in [5.41, 5.74) is 2.08. The van der Waals surface area contributed by atoms with Gasteiger partial charge < -0.3 is 14.2 Å². The van der Waals surface area contributed by atoms with E-state index < -0.39 is 0 Å². The van der Waals surface area contributed by atoms with E-state index in [-0.39, 0.29) is 5.56 Å². The molecule has 6 heteroatoms. The van der Waals surface area contributed by atoms with E-state index in [1.165, 1.54) is 0 Å². The molecular formula is C25H22N2O4. The number of rotatable bonds is 6. The molecule has 0 atom stereocenters. The molecule has 156 valence electrons. The lowest BCUT2D eigenvalue weighted by Gasteiger charge is -2.13. The van der Waals surface area contributed by atoms with Gasteiger partial charge in [-0.2, -0.15) is 0 Å². The molecular weight excluding hydrogens is 392 g/mol. The smallest absolute Gasteiger partial charge is 0.266 e. The normalized spacial score (nSPS) is 11.1. The second-order valence-corrected chi connectivity index (χ2v) is 6.76. The van der Waals surface area contributed by atoms with E-state index in [0.29, 0.717) is 34.0 Å². The van der Waals surface area contributed by atoms with E-state index in [2.05, 4.69) is 0 Å². The molecule has 0 radical (unpaired) electrons. The van der Waals surface area contributed by atoms with Crippen molar-refractivity contribution in [2.45, 2.75) is 0 Å². The van der Waals surface area contributed by atoms with E-state index in [1.54, 1.807) is 32.0 Å². The van der Waals surface area contributed by atoms with Gasteiger partial charge in [-0.25, -0.2) is 4.98 Å². The molecule has 0 spiro atoms.